The Kier molecular flexibility index (Phi) is 4.09. The predicted octanol–water partition coefficient (Wildman–Crippen LogP) is 0.962. The highest BCUT2D eigenvalue weighted by molar-refractivity contribution is 6.09. The molecule has 30 heavy (non-hydrogen) atoms. The van der Waals surface area contributed by atoms with Crippen LogP contribution in [0.3, 0.4) is 0 Å². The zero-order valence-electron chi connectivity index (χ0n) is 15.6. The van der Waals surface area contributed by atoms with Gasteiger partial charge in [0.15, 0.2) is 5.65 Å². The number of carbonyl (C=O) groups is 2. The van der Waals surface area contributed by atoms with E-state index in [1.165, 1.54) is 15.8 Å². The van der Waals surface area contributed by atoms with Gasteiger partial charge in [0.05, 0.1) is 23.3 Å². The molecule has 0 radical (unpaired) electrons. The molecule has 1 aliphatic rings. The minimum absolute atomic E-state index is 0.133. The van der Waals surface area contributed by atoms with Crippen LogP contribution in [0.25, 0.3) is 16.7 Å². The Hall–Kier alpha value is -4.34. The number of anilines is 2. The Balaban J connectivity index is 1.48. The molecule has 0 unspecified atom stereocenters. The minimum atomic E-state index is -0.481. The van der Waals surface area contributed by atoms with E-state index in [1.54, 1.807) is 24.3 Å². The van der Waals surface area contributed by atoms with E-state index in [0.717, 1.165) is 10.4 Å². The number of para-hydroxylation sites is 3. The third-order valence-corrected chi connectivity index (χ3v) is 4.81. The summed E-state index contributed by atoms with van der Waals surface area (Å²) in [6, 6.07) is 16.2. The zero-order chi connectivity index (χ0) is 20.7. The number of amides is 2. The van der Waals surface area contributed by atoms with Gasteiger partial charge in [0, 0.05) is 0 Å². The van der Waals surface area contributed by atoms with Crippen molar-refractivity contribution < 1.29 is 9.59 Å². The summed E-state index contributed by atoms with van der Waals surface area (Å²) in [6.45, 7) is -0.480. The van der Waals surface area contributed by atoms with Crippen LogP contribution in [-0.2, 0) is 16.1 Å². The summed E-state index contributed by atoms with van der Waals surface area (Å²) in [4.78, 5) is 39.0. The second-order valence-corrected chi connectivity index (χ2v) is 6.73. The maximum atomic E-state index is 12.9. The van der Waals surface area contributed by atoms with Gasteiger partial charge in [-0.1, -0.05) is 35.5 Å². The largest absolute Gasteiger partial charge is 0.323 e. The molecule has 5 rings (SSSR count). The van der Waals surface area contributed by atoms with E-state index < -0.39 is 11.5 Å². The van der Waals surface area contributed by atoms with Gasteiger partial charge in [-0.2, -0.15) is 5.10 Å². The van der Waals surface area contributed by atoms with Crippen LogP contribution < -0.4 is 15.8 Å². The molecule has 148 valence electrons. The van der Waals surface area contributed by atoms with E-state index in [-0.39, 0.29) is 24.4 Å². The molecule has 0 aliphatic carbocycles. The summed E-state index contributed by atoms with van der Waals surface area (Å²) in [5.41, 5.74) is 1.68. The molecule has 1 N–H and O–H groups in total. The summed E-state index contributed by atoms with van der Waals surface area (Å²) in [5.74, 6) is -0.747. The highest BCUT2D eigenvalue weighted by atomic mass is 16.2. The van der Waals surface area contributed by atoms with Crippen LogP contribution in [-0.4, -0.2) is 43.1 Å². The molecular weight excluding hydrogens is 386 g/mol. The molecule has 0 atom stereocenters. The fraction of sp³-hybridized carbons (Fsp3) is 0.100. The van der Waals surface area contributed by atoms with Crippen molar-refractivity contribution in [1.82, 2.24) is 24.8 Å². The van der Waals surface area contributed by atoms with Crippen LogP contribution in [0.2, 0.25) is 0 Å². The Labute approximate surface area is 169 Å². The second-order valence-electron chi connectivity index (χ2n) is 6.73. The molecule has 3 heterocycles. The second kappa shape index (κ2) is 6.92. The summed E-state index contributed by atoms with van der Waals surface area (Å²) in [6.07, 6.45) is 1.41. The molecule has 0 saturated carbocycles. The SMILES string of the molecule is O=C1CN(C(=O)Cn2nnc3c(cnn3-c3ccccc3)c2=O)c2ccccc2N1. The van der Waals surface area contributed by atoms with Gasteiger partial charge in [-0.25, -0.2) is 9.36 Å². The minimum Gasteiger partial charge on any atom is -0.323 e. The first kappa shape index (κ1) is 17.7. The van der Waals surface area contributed by atoms with Gasteiger partial charge < -0.3 is 5.32 Å². The number of rotatable bonds is 3. The lowest BCUT2D eigenvalue weighted by Gasteiger charge is -2.29. The van der Waals surface area contributed by atoms with E-state index in [9.17, 15) is 14.4 Å². The van der Waals surface area contributed by atoms with Gasteiger partial charge in [0.25, 0.3) is 5.56 Å². The highest BCUT2D eigenvalue weighted by Crippen LogP contribution is 2.28. The average molecular weight is 401 g/mol. The van der Waals surface area contributed by atoms with Crippen molar-refractivity contribution in [2.75, 3.05) is 16.8 Å². The van der Waals surface area contributed by atoms with Gasteiger partial charge in [-0.3, -0.25) is 19.3 Å². The average Bonchev–Trinajstić information content (AvgIpc) is 3.20. The van der Waals surface area contributed by atoms with E-state index in [1.807, 2.05) is 30.3 Å². The molecular formula is C20H15N7O3. The molecule has 0 saturated heterocycles. The number of nitrogens with one attached hydrogen (secondary N) is 1. The Morgan fingerprint density at radius 3 is 2.63 bits per heavy atom. The van der Waals surface area contributed by atoms with Crippen molar-refractivity contribution in [3.63, 3.8) is 0 Å². The maximum Gasteiger partial charge on any atom is 0.281 e. The molecule has 2 aromatic heterocycles. The summed E-state index contributed by atoms with van der Waals surface area (Å²) >= 11 is 0. The first-order valence-corrected chi connectivity index (χ1v) is 9.18. The van der Waals surface area contributed by atoms with Crippen LogP contribution in [0.5, 0.6) is 0 Å². The number of aromatic nitrogens is 5. The number of benzene rings is 2. The first-order valence-electron chi connectivity index (χ1n) is 9.18. The topological polar surface area (TPSA) is 115 Å². The van der Waals surface area contributed by atoms with Crippen molar-refractivity contribution in [3.05, 3.63) is 71.1 Å². The molecule has 0 fully saturated rings. The monoisotopic (exact) mass is 401 g/mol. The lowest BCUT2D eigenvalue weighted by molar-refractivity contribution is -0.122. The molecule has 1 aliphatic heterocycles. The zero-order valence-corrected chi connectivity index (χ0v) is 15.6. The molecule has 0 spiro atoms. The van der Waals surface area contributed by atoms with E-state index >= 15 is 0 Å². The summed E-state index contributed by atoms with van der Waals surface area (Å²) < 4.78 is 2.50. The lowest BCUT2D eigenvalue weighted by atomic mass is 10.2. The lowest BCUT2D eigenvalue weighted by Crippen LogP contribution is -2.45. The van der Waals surface area contributed by atoms with Crippen LogP contribution in [0, 0.1) is 0 Å². The quantitative estimate of drug-likeness (QED) is 0.547. The first-order chi connectivity index (χ1) is 14.6. The van der Waals surface area contributed by atoms with Gasteiger partial charge in [0.2, 0.25) is 11.8 Å². The van der Waals surface area contributed by atoms with E-state index in [2.05, 4.69) is 20.7 Å². The fourth-order valence-corrected chi connectivity index (χ4v) is 3.40. The highest BCUT2D eigenvalue weighted by Gasteiger charge is 2.27. The number of hydrogen-bond donors (Lipinski definition) is 1. The van der Waals surface area contributed by atoms with Crippen LogP contribution >= 0.6 is 0 Å². The van der Waals surface area contributed by atoms with Crippen molar-refractivity contribution in [1.29, 1.82) is 0 Å². The van der Waals surface area contributed by atoms with Crippen LogP contribution in [0.1, 0.15) is 0 Å². The maximum absolute atomic E-state index is 12.9. The molecule has 2 amide bonds. The smallest absolute Gasteiger partial charge is 0.281 e. The predicted molar refractivity (Wildman–Crippen MR) is 108 cm³/mol. The number of hydrogen-bond acceptors (Lipinski definition) is 6. The van der Waals surface area contributed by atoms with Crippen molar-refractivity contribution >= 4 is 34.2 Å². The van der Waals surface area contributed by atoms with Gasteiger partial charge in [0.1, 0.15) is 18.5 Å². The molecule has 2 aromatic carbocycles. The van der Waals surface area contributed by atoms with Crippen LogP contribution in [0.15, 0.2) is 65.6 Å². The standard InChI is InChI=1S/C20H15N7O3/c28-17-11-25(16-9-5-4-8-15(16)22-17)18(29)12-26-20(30)14-10-21-27(19(14)23-24-26)13-6-2-1-3-7-13/h1-10H,11-12H2,(H,22,28). The van der Waals surface area contributed by atoms with E-state index in [0.29, 0.717) is 17.0 Å². The number of nitrogens with zero attached hydrogens (tertiary/aromatic N) is 6. The normalized spacial score (nSPS) is 13.2. The Morgan fingerprint density at radius 2 is 1.80 bits per heavy atom. The number of fused-ring (bicyclic) bond motifs is 2. The van der Waals surface area contributed by atoms with Crippen molar-refractivity contribution in [3.8, 4) is 5.69 Å². The van der Waals surface area contributed by atoms with E-state index in [4.69, 9.17) is 0 Å². The molecule has 0 bridgehead atoms. The molecule has 10 heteroatoms. The van der Waals surface area contributed by atoms with Crippen molar-refractivity contribution in [2.24, 2.45) is 0 Å². The molecule has 10 nitrogen and oxygen atoms in total. The molecule has 4 aromatic rings. The Morgan fingerprint density at radius 1 is 1.03 bits per heavy atom. The van der Waals surface area contributed by atoms with Gasteiger partial charge in [-0.15, -0.1) is 5.10 Å². The summed E-state index contributed by atoms with van der Waals surface area (Å²) in [5, 5.41) is 15.2. The summed E-state index contributed by atoms with van der Waals surface area (Å²) in [7, 11) is 0. The third-order valence-electron chi connectivity index (χ3n) is 4.81. The number of carbonyl (C=O) groups excluding carboxylic acids is 2. The van der Waals surface area contributed by atoms with Gasteiger partial charge in [-0.05, 0) is 24.3 Å². The Bertz CT molecular complexity index is 1340. The third kappa shape index (κ3) is 2.91. The van der Waals surface area contributed by atoms with Crippen molar-refractivity contribution in [2.45, 2.75) is 6.54 Å². The fourth-order valence-electron chi connectivity index (χ4n) is 3.40. The van der Waals surface area contributed by atoms with Crippen LogP contribution in [0.4, 0.5) is 11.4 Å². The van der Waals surface area contributed by atoms with Gasteiger partial charge >= 0.3 is 0 Å².